The van der Waals surface area contributed by atoms with Gasteiger partial charge in [0, 0.05) is 24.8 Å². The summed E-state index contributed by atoms with van der Waals surface area (Å²) < 4.78 is 44.3. The molecular weight excluding hydrogens is 1000 g/mol. The fourth-order valence-corrected chi connectivity index (χ4v) is 8.08. The van der Waals surface area contributed by atoms with Crippen molar-refractivity contribution in [2.45, 2.75) is 79.6 Å². The van der Waals surface area contributed by atoms with Crippen LogP contribution in [0.25, 0.3) is 0 Å². The molecule has 0 amide bonds. The first-order valence-electron chi connectivity index (χ1n) is 23.6. The summed E-state index contributed by atoms with van der Waals surface area (Å²) in [7, 11) is 9.86. The average molecular weight is 1080 g/mol. The highest BCUT2D eigenvalue weighted by Crippen LogP contribution is 2.39. The maximum atomic E-state index is 11.3. The Morgan fingerprint density at radius 2 is 0.737 bits per heavy atom. The summed E-state index contributed by atoms with van der Waals surface area (Å²) in [5.74, 6) is 2.89. The first-order chi connectivity index (χ1) is 35.2. The summed E-state index contributed by atoms with van der Waals surface area (Å²) in [6.45, 7) is 3.20. The molecule has 4 fully saturated rings. The molecule has 3 aromatic carbocycles. The number of non-ortho nitro benzene ring substituents is 3. The van der Waals surface area contributed by atoms with Crippen LogP contribution in [0.4, 0.5) is 17.1 Å². The normalized spacial score (nSPS) is 20.9. The molecule has 3 aromatic rings. The minimum absolute atomic E-state index is 0. The number of nitro groups is 3. The average Bonchev–Trinajstić information content (AvgIpc) is 3.34. The number of aliphatic hydroxyl groups is 1. The number of aliphatic hydroxyl groups excluding tert-OH is 1. The Balaban J connectivity index is 0.000000490. The van der Waals surface area contributed by atoms with E-state index in [4.69, 9.17) is 33.9 Å². The van der Waals surface area contributed by atoms with E-state index < -0.39 is 14.8 Å². The van der Waals surface area contributed by atoms with Crippen molar-refractivity contribution in [2.75, 3.05) is 69.6 Å². The monoisotopic (exact) mass is 1080 g/mol. The SMILES string of the molecule is C.C.CCC1CC(C(=O)OC)C1.COC(=O)C1CC(CO)C1.COC(=O)C1CC(COc2cc(OC)cc([N+](=O)[O-])c2)C1.COC(=O)C1CC(COc2cc(OC)cc([N+](=O)[O-])c2)C1.COc1cc(O)cc([N+](=O)[O-])c1. The zero-order valence-corrected chi connectivity index (χ0v) is 42.8. The molecule has 24 nitrogen and oxygen atoms in total. The van der Waals surface area contributed by atoms with Crippen LogP contribution < -0.4 is 23.7 Å². The van der Waals surface area contributed by atoms with Crippen molar-refractivity contribution >= 4 is 40.9 Å². The van der Waals surface area contributed by atoms with Crippen LogP contribution in [0.5, 0.6) is 34.5 Å². The molecule has 424 valence electrons. The molecule has 24 heteroatoms. The quantitative estimate of drug-likeness (QED) is 0.0520. The van der Waals surface area contributed by atoms with Gasteiger partial charge in [0.05, 0.1) is 138 Å². The summed E-state index contributed by atoms with van der Waals surface area (Å²) in [6.07, 6.45) is 7.77. The van der Waals surface area contributed by atoms with Crippen LogP contribution in [0.1, 0.15) is 79.6 Å². The number of methoxy groups -OCH3 is 7. The van der Waals surface area contributed by atoms with Crippen molar-refractivity contribution < 1.29 is 86.8 Å². The predicted molar refractivity (Wildman–Crippen MR) is 275 cm³/mol. The van der Waals surface area contributed by atoms with Crippen molar-refractivity contribution in [1.82, 2.24) is 0 Å². The van der Waals surface area contributed by atoms with Crippen molar-refractivity contribution in [3.8, 4) is 34.5 Å². The number of nitrogens with zero attached hydrogens (tertiary/aromatic N) is 3. The Kier molecular flexibility index (Phi) is 29.3. The number of aromatic hydroxyl groups is 1. The van der Waals surface area contributed by atoms with E-state index >= 15 is 0 Å². The molecule has 2 N–H and O–H groups in total. The zero-order valence-electron chi connectivity index (χ0n) is 42.8. The third-order valence-electron chi connectivity index (χ3n) is 12.8. The minimum Gasteiger partial charge on any atom is -0.508 e. The molecule has 0 saturated heterocycles. The van der Waals surface area contributed by atoms with E-state index in [2.05, 4.69) is 25.9 Å². The second-order valence-electron chi connectivity index (χ2n) is 17.8. The summed E-state index contributed by atoms with van der Waals surface area (Å²) in [6, 6.07) is 12.2. The lowest BCUT2D eigenvalue weighted by atomic mass is 9.74. The molecule has 7 rings (SSSR count). The highest BCUT2D eigenvalue weighted by Gasteiger charge is 2.37. The van der Waals surface area contributed by atoms with Crippen LogP contribution in [0, 0.1) is 77.7 Å². The van der Waals surface area contributed by atoms with Crippen LogP contribution in [0.3, 0.4) is 0 Å². The number of hydrogen-bond donors (Lipinski definition) is 2. The molecule has 4 aliphatic carbocycles. The number of nitro benzene ring substituents is 3. The van der Waals surface area contributed by atoms with Crippen LogP contribution in [0.2, 0.25) is 0 Å². The Hall–Kier alpha value is -7.50. The van der Waals surface area contributed by atoms with Crippen molar-refractivity contribution in [3.63, 3.8) is 0 Å². The number of esters is 4. The Morgan fingerprint density at radius 1 is 0.461 bits per heavy atom. The number of hydrogen-bond acceptors (Lipinski definition) is 21. The smallest absolute Gasteiger partial charge is 0.308 e. The molecule has 4 saturated carbocycles. The zero-order chi connectivity index (χ0) is 55.1. The molecule has 0 unspecified atom stereocenters. The number of phenolic OH excluding ortho intramolecular Hbond substituents is 1. The van der Waals surface area contributed by atoms with E-state index in [1.807, 2.05) is 0 Å². The standard InChI is InChI=1S/2C14H17NO6.C8H14O2.C7H7NO4.C7H12O3.2CH4/c2*1-19-12-5-11(15(17)18)6-13(7-12)21-8-9-3-10(4-9)14(16)20-2;1-3-6-4-7(5-6)8(9)10-2;1-12-7-3-5(8(10)11)2-6(9)4-7;1-10-7(9)6-2-5(3-6)4-8;;/h2*5-7,9-10H,3-4,8H2,1-2H3;6-7H,3-5H2,1-2H3;2-4,9H,1H3;5-6,8H,2-4H2,1H3;2*1H4. The third kappa shape index (κ3) is 21.0. The number of carbonyl (C=O) groups excluding carboxylic acids is 4. The van der Waals surface area contributed by atoms with Crippen LogP contribution >= 0.6 is 0 Å². The fraction of sp³-hybridized carbons (Fsp3) is 0.577. The maximum Gasteiger partial charge on any atom is 0.308 e. The van der Waals surface area contributed by atoms with Gasteiger partial charge in [-0.3, -0.25) is 49.5 Å². The van der Waals surface area contributed by atoms with Crippen LogP contribution in [0.15, 0.2) is 54.6 Å². The molecule has 4 aliphatic rings. The first-order valence-corrected chi connectivity index (χ1v) is 23.6. The number of rotatable bonds is 18. The van der Waals surface area contributed by atoms with Gasteiger partial charge >= 0.3 is 23.9 Å². The molecule has 0 radical (unpaired) electrons. The second-order valence-corrected chi connectivity index (χ2v) is 17.8. The van der Waals surface area contributed by atoms with Crippen LogP contribution in [-0.2, 0) is 38.1 Å². The Morgan fingerprint density at radius 3 is 1.01 bits per heavy atom. The van der Waals surface area contributed by atoms with Gasteiger partial charge in [-0.2, -0.15) is 0 Å². The lowest BCUT2D eigenvalue weighted by Gasteiger charge is -2.32. The predicted octanol–water partition coefficient (Wildman–Crippen LogP) is 8.72. The van der Waals surface area contributed by atoms with E-state index in [1.54, 1.807) is 12.1 Å². The summed E-state index contributed by atoms with van der Waals surface area (Å²) in [5, 5.41) is 49.5. The van der Waals surface area contributed by atoms with Crippen LogP contribution in [-0.4, -0.2) is 118 Å². The summed E-state index contributed by atoms with van der Waals surface area (Å²) in [4.78, 5) is 74.4. The molecular formula is C52H75N3O21. The van der Waals surface area contributed by atoms with Crippen molar-refractivity contribution in [2.24, 2.45) is 47.3 Å². The second kappa shape index (κ2) is 33.4. The fourth-order valence-electron chi connectivity index (χ4n) is 8.08. The number of carbonyl (C=O) groups is 4. The third-order valence-corrected chi connectivity index (χ3v) is 12.8. The highest BCUT2D eigenvalue weighted by molar-refractivity contribution is 5.74. The van der Waals surface area contributed by atoms with E-state index in [-0.39, 0.29) is 109 Å². The number of ether oxygens (including phenoxy) is 9. The molecule has 0 heterocycles. The molecule has 76 heavy (non-hydrogen) atoms. The number of benzene rings is 3. The first kappa shape index (κ1) is 66.5. The van der Waals surface area contributed by atoms with E-state index in [0.29, 0.717) is 42.1 Å². The van der Waals surface area contributed by atoms with Gasteiger partial charge in [0.2, 0.25) is 0 Å². The van der Waals surface area contributed by atoms with E-state index in [1.165, 1.54) is 92.6 Å². The molecule has 0 aliphatic heterocycles. The van der Waals surface area contributed by atoms with Gasteiger partial charge in [0.25, 0.3) is 17.1 Å². The van der Waals surface area contributed by atoms with Gasteiger partial charge < -0.3 is 52.8 Å². The molecule has 0 atom stereocenters. The highest BCUT2D eigenvalue weighted by atomic mass is 16.6. The largest absolute Gasteiger partial charge is 0.508 e. The lowest BCUT2D eigenvalue weighted by molar-refractivity contribution is -0.385. The number of phenols is 1. The van der Waals surface area contributed by atoms with Gasteiger partial charge in [0.1, 0.15) is 34.5 Å². The maximum absolute atomic E-state index is 11.3. The topological polar surface area (TPSA) is 321 Å². The van der Waals surface area contributed by atoms with E-state index in [0.717, 1.165) is 63.4 Å². The summed E-state index contributed by atoms with van der Waals surface area (Å²) in [5.41, 5.74) is -0.345. The lowest BCUT2D eigenvalue weighted by Crippen LogP contribution is -2.34. The van der Waals surface area contributed by atoms with Gasteiger partial charge in [0.15, 0.2) is 0 Å². The minimum atomic E-state index is -0.595. The Bertz CT molecular complexity index is 2210. The van der Waals surface area contributed by atoms with Gasteiger partial charge in [-0.25, -0.2) is 0 Å². The van der Waals surface area contributed by atoms with Crippen molar-refractivity contribution in [3.05, 3.63) is 84.9 Å². The Labute approximate surface area is 442 Å². The van der Waals surface area contributed by atoms with Gasteiger partial charge in [-0.1, -0.05) is 28.2 Å². The van der Waals surface area contributed by atoms with Gasteiger partial charge in [-0.15, -0.1) is 0 Å². The molecule has 0 bridgehead atoms. The van der Waals surface area contributed by atoms with Gasteiger partial charge in [-0.05, 0) is 75.0 Å². The molecule has 0 spiro atoms. The summed E-state index contributed by atoms with van der Waals surface area (Å²) >= 11 is 0. The molecule has 0 aromatic heterocycles. The van der Waals surface area contributed by atoms with E-state index in [9.17, 15) is 49.5 Å². The van der Waals surface area contributed by atoms with Crippen molar-refractivity contribution in [1.29, 1.82) is 0 Å².